The number of hydrogen-bond donors (Lipinski definition) is 0. The van der Waals surface area contributed by atoms with Crippen molar-refractivity contribution in [3.63, 3.8) is 0 Å². The lowest BCUT2D eigenvalue weighted by atomic mass is 10.1. The van der Waals surface area contributed by atoms with E-state index >= 15 is 0 Å². The Bertz CT molecular complexity index is 652. The summed E-state index contributed by atoms with van der Waals surface area (Å²) in [4.78, 5) is 26.1. The summed E-state index contributed by atoms with van der Waals surface area (Å²) in [5, 5.41) is 0. The maximum absolute atomic E-state index is 12.2. The highest BCUT2D eigenvalue weighted by Gasteiger charge is 2.13. The summed E-state index contributed by atoms with van der Waals surface area (Å²) in [6, 6.07) is 5.43. The molecular formula is C14H15NO2S. The molecule has 0 radical (unpaired) electrons. The zero-order valence-electron chi connectivity index (χ0n) is 10.7. The van der Waals surface area contributed by atoms with Crippen molar-refractivity contribution in [3.8, 4) is 0 Å². The second-order valence-electron chi connectivity index (χ2n) is 4.37. The van der Waals surface area contributed by atoms with Crippen molar-refractivity contribution in [2.75, 3.05) is 0 Å². The molecular weight excluding hydrogens is 246 g/mol. The molecule has 0 unspecified atom stereocenters. The van der Waals surface area contributed by atoms with Gasteiger partial charge in [-0.15, -0.1) is 11.3 Å². The summed E-state index contributed by atoms with van der Waals surface area (Å²) in [6.45, 7) is 5.78. The second kappa shape index (κ2) is 4.90. The molecule has 2 aromatic rings. The quantitative estimate of drug-likeness (QED) is 0.797. The molecule has 0 aromatic carbocycles. The van der Waals surface area contributed by atoms with Gasteiger partial charge in [0.15, 0.2) is 5.78 Å². The third-order valence-corrected chi connectivity index (χ3v) is 3.83. The molecule has 0 aliphatic rings. The molecule has 4 heteroatoms. The molecule has 0 saturated carbocycles. The minimum Gasteiger partial charge on any atom is -0.308 e. The molecule has 3 nitrogen and oxygen atoms in total. The number of nitrogens with zero attached hydrogens (tertiary/aromatic N) is 1. The third kappa shape index (κ3) is 2.43. The number of aromatic nitrogens is 1. The first-order valence-electron chi connectivity index (χ1n) is 5.75. The van der Waals surface area contributed by atoms with Gasteiger partial charge in [-0.3, -0.25) is 9.59 Å². The average molecular weight is 261 g/mol. The number of Topliss-reactive ketones (excluding diaryl/α,β-unsaturated/α-hetero) is 1. The molecule has 2 rings (SSSR count). The number of pyridine rings is 1. The van der Waals surface area contributed by atoms with Crippen molar-refractivity contribution < 1.29 is 4.79 Å². The molecule has 0 saturated heterocycles. The van der Waals surface area contributed by atoms with Gasteiger partial charge in [-0.1, -0.05) is 6.07 Å². The summed E-state index contributed by atoms with van der Waals surface area (Å²) in [6.07, 6.45) is 1.65. The normalized spacial score (nSPS) is 10.6. The van der Waals surface area contributed by atoms with Crippen molar-refractivity contribution in [1.29, 1.82) is 0 Å². The van der Waals surface area contributed by atoms with Gasteiger partial charge in [0, 0.05) is 27.1 Å². The van der Waals surface area contributed by atoms with Crippen LogP contribution in [0.4, 0.5) is 0 Å². The van der Waals surface area contributed by atoms with Crippen LogP contribution in [0.3, 0.4) is 0 Å². The van der Waals surface area contributed by atoms with Crippen LogP contribution in [0, 0.1) is 20.8 Å². The lowest BCUT2D eigenvalue weighted by Crippen LogP contribution is -2.25. The van der Waals surface area contributed by atoms with Gasteiger partial charge < -0.3 is 4.57 Å². The fourth-order valence-corrected chi connectivity index (χ4v) is 2.87. The van der Waals surface area contributed by atoms with E-state index in [0.717, 1.165) is 15.3 Å². The monoisotopic (exact) mass is 261 g/mol. The molecule has 0 spiro atoms. The zero-order chi connectivity index (χ0) is 13.3. The van der Waals surface area contributed by atoms with Crippen molar-refractivity contribution in [3.05, 3.63) is 55.6 Å². The van der Waals surface area contributed by atoms with Gasteiger partial charge in [-0.05, 0) is 32.9 Å². The molecule has 18 heavy (non-hydrogen) atoms. The lowest BCUT2D eigenvalue weighted by Gasteiger charge is -2.05. The average Bonchev–Trinajstić information content (AvgIpc) is 2.64. The third-order valence-electron chi connectivity index (χ3n) is 2.87. The summed E-state index contributed by atoms with van der Waals surface area (Å²) in [7, 11) is 0. The number of carbonyl (C=O) groups excluding carboxylic acids is 1. The molecule has 0 amide bonds. The fraction of sp³-hybridized carbons (Fsp3) is 0.286. The smallest absolute Gasteiger partial charge is 0.253 e. The first-order chi connectivity index (χ1) is 8.49. The number of hydrogen-bond acceptors (Lipinski definition) is 3. The van der Waals surface area contributed by atoms with E-state index in [1.165, 1.54) is 4.57 Å². The van der Waals surface area contributed by atoms with E-state index in [9.17, 15) is 9.59 Å². The van der Waals surface area contributed by atoms with E-state index in [4.69, 9.17) is 0 Å². The minimum absolute atomic E-state index is 0.00968. The molecule has 0 fully saturated rings. The van der Waals surface area contributed by atoms with Gasteiger partial charge >= 0.3 is 0 Å². The number of rotatable bonds is 3. The number of ketones is 1. The van der Waals surface area contributed by atoms with E-state index in [0.29, 0.717) is 5.56 Å². The van der Waals surface area contributed by atoms with Crippen molar-refractivity contribution >= 4 is 17.1 Å². The van der Waals surface area contributed by atoms with Crippen molar-refractivity contribution in [2.45, 2.75) is 27.3 Å². The Morgan fingerprint density at radius 2 is 2.06 bits per heavy atom. The van der Waals surface area contributed by atoms with E-state index in [1.54, 1.807) is 36.6 Å². The predicted molar refractivity (Wildman–Crippen MR) is 73.6 cm³/mol. The second-order valence-corrected chi connectivity index (χ2v) is 5.83. The van der Waals surface area contributed by atoms with Crippen LogP contribution in [0.1, 0.15) is 25.7 Å². The molecule has 0 atom stereocenters. The first kappa shape index (κ1) is 12.8. The van der Waals surface area contributed by atoms with Crippen LogP contribution >= 0.6 is 11.3 Å². The maximum Gasteiger partial charge on any atom is 0.253 e. The predicted octanol–water partition coefficient (Wildman–Crippen LogP) is 2.72. The number of aryl methyl sites for hydroxylation is 3. The SMILES string of the molecule is Cc1cc(C(=O)Cn2cccc(C)c2=O)c(C)s1. The largest absolute Gasteiger partial charge is 0.308 e. The highest BCUT2D eigenvalue weighted by molar-refractivity contribution is 7.12. The number of thiophene rings is 1. The van der Waals surface area contributed by atoms with Gasteiger partial charge in [-0.25, -0.2) is 0 Å². The highest BCUT2D eigenvalue weighted by Crippen LogP contribution is 2.21. The number of carbonyl (C=O) groups is 1. The topological polar surface area (TPSA) is 39.1 Å². The Balaban J connectivity index is 2.30. The van der Waals surface area contributed by atoms with E-state index in [1.807, 2.05) is 19.9 Å². The Morgan fingerprint density at radius 3 is 2.67 bits per heavy atom. The van der Waals surface area contributed by atoms with Crippen LogP contribution in [0.25, 0.3) is 0 Å². The minimum atomic E-state index is -0.101. The first-order valence-corrected chi connectivity index (χ1v) is 6.57. The Morgan fingerprint density at radius 1 is 1.33 bits per heavy atom. The van der Waals surface area contributed by atoms with Crippen LogP contribution in [0.15, 0.2) is 29.2 Å². The molecule has 2 heterocycles. The molecule has 94 valence electrons. The van der Waals surface area contributed by atoms with Crippen LogP contribution in [-0.2, 0) is 6.54 Å². The molecule has 0 bridgehead atoms. The van der Waals surface area contributed by atoms with E-state index in [-0.39, 0.29) is 17.9 Å². The molecule has 0 aliphatic heterocycles. The lowest BCUT2D eigenvalue weighted by molar-refractivity contribution is 0.0970. The molecule has 0 N–H and O–H groups in total. The Hall–Kier alpha value is -1.68. The van der Waals surface area contributed by atoms with Gasteiger partial charge in [-0.2, -0.15) is 0 Å². The van der Waals surface area contributed by atoms with Gasteiger partial charge in [0.2, 0.25) is 0 Å². The molecule has 0 aliphatic carbocycles. The summed E-state index contributed by atoms with van der Waals surface area (Å²) >= 11 is 1.61. The Labute approximate surface area is 110 Å². The van der Waals surface area contributed by atoms with Gasteiger partial charge in [0.25, 0.3) is 5.56 Å². The highest BCUT2D eigenvalue weighted by atomic mass is 32.1. The van der Waals surface area contributed by atoms with Crippen LogP contribution < -0.4 is 5.56 Å². The summed E-state index contributed by atoms with van der Waals surface area (Å²) in [5.41, 5.74) is 1.28. The van der Waals surface area contributed by atoms with Crippen molar-refractivity contribution in [2.24, 2.45) is 0 Å². The van der Waals surface area contributed by atoms with Crippen LogP contribution in [0.2, 0.25) is 0 Å². The summed E-state index contributed by atoms with van der Waals surface area (Å²) < 4.78 is 1.46. The maximum atomic E-state index is 12.2. The van der Waals surface area contributed by atoms with E-state index < -0.39 is 0 Å². The zero-order valence-corrected chi connectivity index (χ0v) is 11.5. The standard InChI is InChI=1S/C14H15NO2S/c1-9-5-4-6-15(14(9)17)8-13(16)12-7-10(2)18-11(12)3/h4-7H,8H2,1-3H3. The Kier molecular flexibility index (Phi) is 3.48. The van der Waals surface area contributed by atoms with Crippen LogP contribution in [-0.4, -0.2) is 10.4 Å². The van der Waals surface area contributed by atoms with Crippen LogP contribution in [0.5, 0.6) is 0 Å². The van der Waals surface area contributed by atoms with Gasteiger partial charge in [0.05, 0.1) is 6.54 Å². The summed E-state index contributed by atoms with van der Waals surface area (Å²) in [5.74, 6) is -0.00968. The van der Waals surface area contributed by atoms with Gasteiger partial charge in [0.1, 0.15) is 0 Å². The van der Waals surface area contributed by atoms with E-state index in [2.05, 4.69) is 0 Å². The fourth-order valence-electron chi connectivity index (χ4n) is 1.93. The van der Waals surface area contributed by atoms with Crippen molar-refractivity contribution in [1.82, 2.24) is 4.57 Å². The molecule has 2 aromatic heterocycles.